The first-order chi connectivity index (χ1) is 12.2. The number of carbonyl (C=O) groups is 1. The Balaban J connectivity index is 1.72. The first-order valence-electron chi connectivity index (χ1n) is 8.70. The Labute approximate surface area is 154 Å². The molecule has 6 heteroatoms. The van der Waals surface area contributed by atoms with E-state index in [1.165, 1.54) is 11.1 Å². The van der Waals surface area contributed by atoms with Crippen molar-refractivity contribution < 1.29 is 13.2 Å². The Morgan fingerprint density at radius 3 is 2.31 bits per heavy atom. The van der Waals surface area contributed by atoms with Crippen LogP contribution in [0.25, 0.3) is 0 Å². The molecule has 1 aliphatic rings. The SMILES string of the molecule is Cc1ccc([C@H]2C[C@@H](C)N(C(=O)c3ccc(CS(N)(=O)=O)cc3)C2)cc1. The van der Waals surface area contributed by atoms with Crippen molar-refractivity contribution in [1.29, 1.82) is 0 Å². The summed E-state index contributed by atoms with van der Waals surface area (Å²) in [6, 6.07) is 15.3. The number of rotatable bonds is 4. The zero-order valence-corrected chi connectivity index (χ0v) is 15.9. The Morgan fingerprint density at radius 2 is 1.73 bits per heavy atom. The van der Waals surface area contributed by atoms with Gasteiger partial charge in [-0.05, 0) is 43.5 Å². The molecule has 2 atom stereocenters. The van der Waals surface area contributed by atoms with E-state index in [0.29, 0.717) is 23.6 Å². The van der Waals surface area contributed by atoms with Crippen LogP contribution < -0.4 is 5.14 Å². The van der Waals surface area contributed by atoms with Crippen molar-refractivity contribution in [3.63, 3.8) is 0 Å². The minimum atomic E-state index is -3.57. The Bertz CT molecular complexity index is 890. The van der Waals surface area contributed by atoms with Gasteiger partial charge in [-0.25, -0.2) is 13.6 Å². The van der Waals surface area contributed by atoms with E-state index in [1.807, 2.05) is 4.90 Å². The number of hydrogen-bond donors (Lipinski definition) is 1. The summed E-state index contributed by atoms with van der Waals surface area (Å²) in [6.45, 7) is 4.83. The van der Waals surface area contributed by atoms with E-state index in [9.17, 15) is 13.2 Å². The van der Waals surface area contributed by atoms with Gasteiger partial charge in [0, 0.05) is 24.1 Å². The van der Waals surface area contributed by atoms with Crippen molar-refractivity contribution in [3.05, 3.63) is 70.8 Å². The molecular weight excluding hydrogens is 348 g/mol. The topological polar surface area (TPSA) is 80.5 Å². The monoisotopic (exact) mass is 372 g/mol. The highest BCUT2D eigenvalue weighted by atomic mass is 32.2. The van der Waals surface area contributed by atoms with Gasteiger partial charge in [-0.2, -0.15) is 0 Å². The van der Waals surface area contributed by atoms with Crippen molar-refractivity contribution in [2.75, 3.05) is 6.54 Å². The molecule has 1 heterocycles. The van der Waals surface area contributed by atoms with Crippen molar-refractivity contribution in [3.8, 4) is 0 Å². The largest absolute Gasteiger partial charge is 0.335 e. The molecule has 0 bridgehead atoms. The fourth-order valence-electron chi connectivity index (χ4n) is 3.54. The summed E-state index contributed by atoms with van der Waals surface area (Å²) in [6.07, 6.45) is 0.943. The van der Waals surface area contributed by atoms with Crippen LogP contribution in [0.15, 0.2) is 48.5 Å². The summed E-state index contributed by atoms with van der Waals surface area (Å²) in [5.74, 6) is 0.0994. The summed E-state index contributed by atoms with van der Waals surface area (Å²) in [5, 5.41) is 5.06. The van der Waals surface area contributed by atoms with Crippen LogP contribution >= 0.6 is 0 Å². The smallest absolute Gasteiger partial charge is 0.254 e. The number of likely N-dealkylation sites (tertiary alicyclic amines) is 1. The average molecular weight is 372 g/mol. The molecule has 0 aromatic heterocycles. The molecule has 0 radical (unpaired) electrons. The molecule has 3 rings (SSSR count). The molecule has 2 N–H and O–H groups in total. The number of sulfonamides is 1. The number of carbonyl (C=O) groups excluding carboxylic acids is 1. The Morgan fingerprint density at radius 1 is 1.12 bits per heavy atom. The number of nitrogens with zero attached hydrogens (tertiary/aromatic N) is 1. The lowest BCUT2D eigenvalue weighted by Gasteiger charge is -2.21. The maximum Gasteiger partial charge on any atom is 0.254 e. The fourth-order valence-corrected chi connectivity index (χ4v) is 4.19. The third-order valence-electron chi connectivity index (χ3n) is 4.95. The Hall–Kier alpha value is -2.18. The van der Waals surface area contributed by atoms with Crippen LogP contribution in [-0.2, 0) is 15.8 Å². The van der Waals surface area contributed by atoms with Gasteiger partial charge in [0.1, 0.15) is 0 Å². The molecule has 0 saturated carbocycles. The maximum absolute atomic E-state index is 12.9. The van der Waals surface area contributed by atoms with Crippen LogP contribution in [0.4, 0.5) is 0 Å². The van der Waals surface area contributed by atoms with Crippen molar-refractivity contribution >= 4 is 15.9 Å². The summed E-state index contributed by atoms with van der Waals surface area (Å²) < 4.78 is 22.3. The van der Waals surface area contributed by atoms with Gasteiger partial charge < -0.3 is 4.90 Å². The minimum Gasteiger partial charge on any atom is -0.335 e. The van der Waals surface area contributed by atoms with Crippen molar-refractivity contribution in [2.24, 2.45) is 5.14 Å². The lowest BCUT2D eigenvalue weighted by atomic mass is 9.96. The number of amides is 1. The van der Waals surface area contributed by atoms with Gasteiger partial charge in [0.2, 0.25) is 10.0 Å². The van der Waals surface area contributed by atoms with Gasteiger partial charge in [-0.1, -0.05) is 42.0 Å². The average Bonchev–Trinajstić information content (AvgIpc) is 2.96. The van der Waals surface area contributed by atoms with Gasteiger partial charge >= 0.3 is 0 Å². The lowest BCUT2D eigenvalue weighted by molar-refractivity contribution is 0.0746. The second-order valence-electron chi connectivity index (χ2n) is 7.15. The fraction of sp³-hybridized carbons (Fsp3) is 0.350. The molecule has 0 unspecified atom stereocenters. The molecule has 2 aromatic carbocycles. The summed E-state index contributed by atoms with van der Waals surface area (Å²) in [7, 11) is -3.57. The van der Waals surface area contributed by atoms with Crippen LogP contribution in [0.3, 0.4) is 0 Å². The summed E-state index contributed by atoms with van der Waals surface area (Å²) >= 11 is 0. The van der Waals surface area contributed by atoms with Gasteiger partial charge in [0.15, 0.2) is 0 Å². The van der Waals surface area contributed by atoms with E-state index >= 15 is 0 Å². The first-order valence-corrected chi connectivity index (χ1v) is 10.4. The van der Waals surface area contributed by atoms with Crippen molar-refractivity contribution in [2.45, 2.75) is 38.0 Å². The highest BCUT2D eigenvalue weighted by Crippen LogP contribution is 2.32. The van der Waals surface area contributed by atoms with Crippen molar-refractivity contribution in [1.82, 2.24) is 4.90 Å². The highest BCUT2D eigenvalue weighted by molar-refractivity contribution is 7.88. The zero-order valence-electron chi connectivity index (χ0n) is 15.1. The molecule has 1 amide bonds. The summed E-state index contributed by atoms with van der Waals surface area (Å²) in [5.41, 5.74) is 3.64. The third kappa shape index (κ3) is 4.31. The Kier molecular flexibility index (Phi) is 5.16. The first kappa shape index (κ1) is 18.6. The standard InChI is InChI=1S/C20H24N2O3S/c1-14-3-7-17(8-4-14)19-11-15(2)22(12-19)20(23)18-9-5-16(6-10-18)13-26(21,24)25/h3-10,15,19H,11-13H2,1-2H3,(H2,21,24,25)/t15-,19+/m1/s1. The number of aryl methyl sites for hydroxylation is 1. The van der Waals surface area contributed by atoms with Gasteiger partial charge in [-0.15, -0.1) is 0 Å². The van der Waals surface area contributed by atoms with Crippen LogP contribution in [-0.4, -0.2) is 31.8 Å². The van der Waals surface area contributed by atoms with E-state index in [1.54, 1.807) is 24.3 Å². The molecule has 1 aliphatic heterocycles. The molecule has 0 spiro atoms. The van der Waals surface area contributed by atoms with Crippen LogP contribution in [0, 0.1) is 6.92 Å². The second kappa shape index (κ2) is 7.21. The van der Waals surface area contributed by atoms with E-state index in [-0.39, 0.29) is 17.7 Å². The molecule has 5 nitrogen and oxygen atoms in total. The molecule has 138 valence electrons. The van der Waals surface area contributed by atoms with E-state index in [0.717, 1.165) is 6.42 Å². The number of primary sulfonamides is 1. The molecule has 1 fully saturated rings. The van der Waals surface area contributed by atoms with E-state index < -0.39 is 10.0 Å². The quantitative estimate of drug-likeness (QED) is 0.896. The lowest BCUT2D eigenvalue weighted by Crippen LogP contribution is -2.33. The normalized spacial score (nSPS) is 20.3. The minimum absolute atomic E-state index is 0.0192. The molecule has 0 aliphatic carbocycles. The number of benzene rings is 2. The van der Waals surface area contributed by atoms with Gasteiger partial charge in [-0.3, -0.25) is 4.79 Å². The predicted octanol–water partition coefficient (Wildman–Crippen LogP) is 2.80. The zero-order chi connectivity index (χ0) is 18.9. The number of nitrogens with two attached hydrogens (primary N) is 1. The van der Waals surface area contributed by atoms with Crippen LogP contribution in [0.5, 0.6) is 0 Å². The van der Waals surface area contributed by atoms with E-state index in [2.05, 4.69) is 38.1 Å². The van der Waals surface area contributed by atoms with Crippen LogP contribution in [0.2, 0.25) is 0 Å². The van der Waals surface area contributed by atoms with Gasteiger partial charge in [0.05, 0.1) is 5.75 Å². The molecule has 2 aromatic rings. The maximum atomic E-state index is 12.9. The highest BCUT2D eigenvalue weighted by Gasteiger charge is 2.33. The molecular formula is C20H24N2O3S. The third-order valence-corrected chi connectivity index (χ3v) is 5.69. The second-order valence-corrected chi connectivity index (χ2v) is 8.77. The van der Waals surface area contributed by atoms with E-state index in [4.69, 9.17) is 5.14 Å². The molecule has 26 heavy (non-hydrogen) atoms. The molecule has 1 saturated heterocycles. The van der Waals surface area contributed by atoms with Crippen LogP contribution in [0.1, 0.15) is 46.3 Å². The number of hydrogen-bond acceptors (Lipinski definition) is 3. The predicted molar refractivity (Wildman–Crippen MR) is 102 cm³/mol. The van der Waals surface area contributed by atoms with Gasteiger partial charge in [0.25, 0.3) is 5.91 Å². The summed E-state index contributed by atoms with van der Waals surface area (Å²) in [4.78, 5) is 14.8.